The summed E-state index contributed by atoms with van der Waals surface area (Å²) in [6.07, 6.45) is 1.78. The van der Waals surface area contributed by atoms with Gasteiger partial charge in [-0.2, -0.15) is 0 Å². The lowest BCUT2D eigenvalue weighted by Crippen LogP contribution is -2.38. The van der Waals surface area contributed by atoms with Crippen LogP contribution < -0.4 is 9.47 Å². The van der Waals surface area contributed by atoms with Gasteiger partial charge < -0.3 is 14.6 Å². The van der Waals surface area contributed by atoms with Crippen molar-refractivity contribution < 1.29 is 19.4 Å². The Morgan fingerprint density at radius 3 is 1.44 bits per heavy atom. The minimum Gasteiger partial charge on any atom is -0.489 e. The molecule has 0 aromatic heterocycles. The number of esters is 1. The number of rotatable bonds is 20. The normalized spacial score (nSPS) is 13.1. The summed E-state index contributed by atoms with van der Waals surface area (Å²) in [5.41, 5.74) is 6.35. The first-order chi connectivity index (χ1) is 25.8. The molecule has 0 aliphatic heterocycles. The fraction of sp³-hybridized carbons (Fsp3) is 0.479. The van der Waals surface area contributed by atoms with E-state index in [1.165, 1.54) is 11.1 Å². The predicted octanol–water partition coefficient (Wildman–Crippen LogP) is 10.6. The number of ether oxygens (including phenoxy) is 2. The van der Waals surface area contributed by atoms with Crippen molar-refractivity contribution in [3.05, 3.63) is 130 Å². The smallest absolute Gasteiger partial charge is 0.313 e. The Morgan fingerprint density at radius 1 is 0.574 bits per heavy atom. The second-order valence-corrected chi connectivity index (χ2v) is 16.1. The number of hydrogen-bond acceptors (Lipinski definition) is 6. The van der Waals surface area contributed by atoms with Gasteiger partial charge in [-0.05, 0) is 128 Å². The predicted molar refractivity (Wildman–Crippen MR) is 223 cm³/mol. The number of aliphatic hydroxyl groups excluding tert-OH is 1. The number of aliphatic hydroxyl groups is 1. The molecule has 0 aliphatic carbocycles. The number of benzene rings is 4. The fourth-order valence-corrected chi connectivity index (χ4v) is 7.70. The van der Waals surface area contributed by atoms with Gasteiger partial charge in [-0.1, -0.05) is 86.6 Å². The summed E-state index contributed by atoms with van der Waals surface area (Å²) in [4.78, 5) is 18.1. The Labute approximate surface area is 326 Å². The van der Waals surface area contributed by atoms with Gasteiger partial charge in [0.25, 0.3) is 0 Å². The third-order valence-corrected chi connectivity index (χ3v) is 10.6. The molecule has 4 aromatic rings. The van der Waals surface area contributed by atoms with Gasteiger partial charge >= 0.3 is 5.97 Å². The molecule has 4 aromatic carbocycles. The Balaban J connectivity index is 1.75. The quantitative estimate of drug-likeness (QED) is 0.0721. The second-order valence-electron chi connectivity index (χ2n) is 16.1. The Kier molecular flexibility index (Phi) is 16.3. The lowest BCUT2D eigenvalue weighted by Gasteiger charge is -2.32. The molecule has 4 rings (SSSR count). The van der Waals surface area contributed by atoms with Crippen molar-refractivity contribution in [3.8, 4) is 11.5 Å². The molecule has 0 bridgehead atoms. The van der Waals surface area contributed by atoms with Crippen molar-refractivity contribution in [3.63, 3.8) is 0 Å². The SMILES string of the molecule is CC(C)C(=O)Oc1ccc(COc2ccc(CO)cc2[C@H](CCN(C(C)C)C(C)C)c2ccccc2)cc1[C@H](CCN(C(C)C)C(C)C)c1ccccc1. The molecule has 6 heteroatoms. The number of carbonyl (C=O) groups excluding carboxylic acids is 1. The van der Waals surface area contributed by atoms with Crippen LogP contribution in [0.4, 0.5) is 0 Å². The maximum absolute atomic E-state index is 13.0. The van der Waals surface area contributed by atoms with Gasteiger partial charge in [-0.15, -0.1) is 0 Å². The molecule has 292 valence electrons. The highest BCUT2D eigenvalue weighted by atomic mass is 16.5. The van der Waals surface area contributed by atoms with E-state index in [4.69, 9.17) is 9.47 Å². The Bertz CT molecular complexity index is 1700. The van der Waals surface area contributed by atoms with E-state index in [-0.39, 0.29) is 30.3 Å². The summed E-state index contributed by atoms with van der Waals surface area (Å²) in [7, 11) is 0. The maximum Gasteiger partial charge on any atom is 0.313 e. The van der Waals surface area contributed by atoms with Crippen LogP contribution in [0.3, 0.4) is 0 Å². The van der Waals surface area contributed by atoms with E-state index < -0.39 is 0 Å². The van der Waals surface area contributed by atoms with Gasteiger partial charge in [0.1, 0.15) is 18.1 Å². The lowest BCUT2D eigenvalue weighted by atomic mass is 9.86. The van der Waals surface area contributed by atoms with Crippen LogP contribution >= 0.6 is 0 Å². The highest BCUT2D eigenvalue weighted by Gasteiger charge is 2.26. The molecule has 0 saturated heterocycles. The largest absolute Gasteiger partial charge is 0.489 e. The van der Waals surface area contributed by atoms with Crippen molar-refractivity contribution in [2.75, 3.05) is 13.1 Å². The monoisotopic (exact) mass is 735 g/mol. The van der Waals surface area contributed by atoms with E-state index >= 15 is 0 Å². The average Bonchev–Trinajstić information content (AvgIpc) is 3.14. The third-order valence-electron chi connectivity index (χ3n) is 10.6. The average molecular weight is 735 g/mol. The summed E-state index contributed by atoms with van der Waals surface area (Å²) in [6.45, 7) is 23.9. The van der Waals surface area contributed by atoms with Crippen LogP contribution in [-0.4, -0.2) is 58.1 Å². The molecular weight excluding hydrogens is 669 g/mol. The van der Waals surface area contributed by atoms with Crippen molar-refractivity contribution in [2.45, 2.75) is 131 Å². The van der Waals surface area contributed by atoms with Crippen LogP contribution in [0.15, 0.2) is 97.1 Å². The van der Waals surface area contributed by atoms with Crippen molar-refractivity contribution in [1.29, 1.82) is 0 Å². The molecule has 0 spiro atoms. The summed E-state index contributed by atoms with van der Waals surface area (Å²) in [5.74, 6) is 0.999. The van der Waals surface area contributed by atoms with Gasteiger partial charge in [0, 0.05) is 47.1 Å². The minimum atomic E-state index is -0.251. The first-order valence-electron chi connectivity index (χ1n) is 20.1. The maximum atomic E-state index is 13.0. The van der Waals surface area contributed by atoms with Gasteiger partial charge in [-0.3, -0.25) is 14.6 Å². The van der Waals surface area contributed by atoms with Crippen molar-refractivity contribution in [1.82, 2.24) is 9.80 Å². The van der Waals surface area contributed by atoms with Crippen molar-refractivity contribution in [2.24, 2.45) is 5.92 Å². The molecule has 1 N–H and O–H groups in total. The summed E-state index contributed by atoms with van der Waals surface area (Å²) < 4.78 is 12.9. The van der Waals surface area contributed by atoms with Crippen LogP contribution in [-0.2, 0) is 18.0 Å². The molecular formula is C48H66N2O4. The van der Waals surface area contributed by atoms with Gasteiger partial charge in [0.05, 0.1) is 12.5 Å². The summed E-state index contributed by atoms with van der Waals surface area (Å²) in [6, 6.07) is 35.1. The zero-order valence-electron chi connectivity index (χ0n) is 34.6. The molecule has 0 radical (unpaired) electrons. The van der Waals surface area contributed by atoms with Crippen molar-refractivity contribution >= 4 is 5.97 Å². The second kappa shape index (κ2) is 20.6. The standard InChI is InChI=1S/C48H66N2O4/c1-33(2)48(52)54-47-24-22-39(30-45(47)43(41-19-15-12-16-20-41)26-28-50(36(7)8)37(9)10)32-53-46-23-21-38(31-51)29-44(46)42(40-17-13-11-14-18-40)25-27-49(34(3)4)35(5)6/h11-24,29-30,33-37,42-43,51H,25-28,31-32H2,1-10H3/t42-,43-/m1/s1. The summed E-state index contributed by atoms with van der Waals surface area (Å²) in [5, 5.41) is 10.2. The molecule has 54 heavy (non-hydrogen) atoms. The van der Waals surface area contributed by atoms with Gasteiger partial charge in [0.15, 0.2) is 0 Å². The first-order valence-corrected chi connectivity index (χ1v) is 20.1. The number of nitrogens with zero attached hydrogens (tertiary/aromatic N) is 2. The van der Waals surface area contributed by atoms with E-state index in [0.29, 0.717) is 36.5 Å². The molecule has 0 amide bonds. The summed E-state index contributed by atoms with van der Waals surface area (Å²) >= 11 is 0. The minimum absolute atomic E-state index is 0.00725. The molecule has 0 unspecified atom stereocenters. The lowest BCUT2D eigenvalue weighted by molar-refractivity contribution is -0.137. The highest BCUT2D eigenvalue weighted by Crippen LogP contribution is 2.39. The van der Waals surface area contributed by atoms with Gasteiger partial charge in [-0.25, -0.2) is 0 Å². The zero-order chi connectivity index (χ0) is 39.4. The fourth-order valence-electron chi connectivity index (χ4n) is 7.70. The molecule has 6 nitrogen and oxygen atoms in total. The van der Waals surface area contributed by atoms with Crippen LogP contribution in [0.25, 0.3) is 0 Å². The van der Waals surface area contributed by atoms with Crippen LogP contribution in [0.5, 0.6) is 11.5 Å². The number of carbonyl (C=O) groups is 1. The van der Waals surface area contributed by atoms with E-state index in [2.05, 4.69) is 132 Å². The molecule has 0 saturated carbocycles. The molecule has 0 aliphatic rings. The Hall–Kier alpha value is -3.97. The van der Waals surface area contributed by atoms with E-state index in [9.17, 15) is 9.90 Å². The number of hydrogen-bond donors (Lipinski definition) is 1. The zero-order valence-corrected chi connectivity index (χ0v) is 34.6. The van der Waals surface area contributed by atoms with Crippen LogP contribution in [0, 0.1) is 5.92 Å². The topological polar surface area (TPSA) is 62.2 Å². The molecule has 2 atom stereocenters. The Morgan fingerprint density at radius 2 is 1.00 bits per heavy atom. The van der Waals surface area contributed by atoms with E-state index in [0.717, 1.165) is 53.9 Å². The van der Waals surface area contributed by atoms with Crippen LogP contribution in [0.2, 0.25) is 0 Å². The molecule has 0 heterocycles. The molecule has 0 fully saturated rings. The van der Waals surface area contributed by atoms with Crippen LogP contribution in [0.1, 0.15) is 127 Å². The third kappa shape index (κ3) is 11.8. The van der Waals surface area contributed by atoms with Gasteiger partial charge in [0.2, 0.25) is 0 Å². The van der Waals surface area contributed by atoms with E-state index in [1.807, 2.05) is 44.2 Å². The van der Waals surface area contributed by atoms with E-state index in [1.54, 1.807) is 0 Å². The highest BCUT2D eigenvalue weighted by molar-refractivity contribution is 5.75. The first kappa shape index (κ1) is 42.8.